The molecule has 1 aromatic carbocycles. The molecule has 1 fully saturated rings. The van der Waals surface area contributed by atoms with Crippen molar-refractivity contribution in [1.29, 1.82) is 0 Å². The first-order valence-corrected chi connectivity index (χ1v) is 5.72. The number of rotatable bonds is 2. The van der Waals surface area contributed by atoms with Gasteiger partial charge in [0.25, 0.3) is 0 Å². The summed E-state index contributed by atoms with van der Waals surface area (Å²) in [4.78, 5) is 0. The van der Waals surface area contributed by atoms with E-state index in [4.69, 9.17) is 0 Å². The summed E-state index contributed by atoms with van der Waals surface area (Å²) in [6.45, 7) is 4.48. The average molecular weight is 193 g/mol. The van der Waals surface area contributed by atoms with Gasteiger partial charge in [0.05, 0.1) is 0 Å². The van der Waals surface area contributed by atoms with Gasteiger partial charge in [-0.05, 0) is 18.9 Å². The van der Waals surface area contributed by atoms with Crippen LogP contribution < -0.4 is 0 Å². The van der Waals surface area contributed by atoms with Gasteiger partial charge in [0.15, 0.2) is 0 Å². The molecule has 0 bridgehead atoms. The van der Waals surface area contributed by atoms with Crippen molar-refractivity contribution in [2.75, 3.05) is 12.3 Å². The third-order valence-electron chi connectivity index (χ3n) is 2.31. The Balaban J connectivity index is 1.97. The minimum atomic E-state index is 1.10. The largest absolute Gasteiger partial charge is 0.246 e. The number of nitrogens with zero attached hydrogens (tertiary/aromatic N) is 1. The lowest BCUT2D eigenvalue weighted by atomic mass is 10.1. The summed E-state index contributed by atoms with van der Waals surface area (Å²) in [6, 6.07) is 8.84. The van der Waals surface area contributed by atoms with E-state index in [1.807, 2.05) is 11.9 Å². The van der Waals surface area contributed by atoms with Gasteiger partial charge in [0.1, 0.15) is 0 Å². The summed E-state index contributed by atoms with van der Waals surface area (Å²) in [6.07, 6.45) is 1.34. The molecule has 0 aliphatic carbocycles. The molecule has 2 heteroatoms. The minimum absolute atomic E-state index is 1.10. The summed E-state index contributed by atoms with van der Waals surface area (Å²) < 4.78 is 2.45. The van der Waals surface area contributed by atoms with E-state index >= 15 is 0 Å². The number of benzene rings is 1. The van der Waals surface area contributed by atoms with E-state index in [0.717, 1.165) is 6.54 Å². The molecule has 2 rings (SSSR count). The standard InChI is InChI=1S/C11H15NS/c1-10-3-5-11(6-4-10)9-12-7-2-8-13-12/h3-6H,2,7-9H2,1H3. The molecule has 1 saturated heterocycles. The average Bonchev–Trinajstić information content (AvgIpc) is 2.62. The second-order valence-electron chi connectivity index (χ2n) is 3.54. The van der Waals surface area contributed by atoms with Gasteiger partial charge in [-0.25, -0.2) is 4.31 Å². The zero-order chi connectivity index (χ0) is 9.10. The lowest BCUT2D eigenvalue weighted by molar-refractivity contribution is 0.492. The molecule has 1 heterocycles. The third-order valence-corrected chi connectivity index (χ3v) is 3.45. The maximum atomic E-state index is 2.45. The molecule has 0 saturated carbocycles. The number of hydrogen-bond donors (Lipinski definition) is 0. The Morgan fingerprint density at radius 2 is 2.08 bits per heavy atom. The van der Waals surface area contributed by atoms with Crippen LogP contribution >= 0.6 is 11.9 Å². The summed E-state index contributed by atoms with van der Waals surface area (Å²) in [7, 11) is 0. The van der Waals surface area contributed by atoms with Gasteiger partial charge in [0, 0.05) is 18.8 Å². The van der Waals surface area contributed by atoms with Crippen LogP contribution in [0.3, 0.4) is 0 Å². The molecule has 0 radical (unpaired) electrons. The van der Waals surface area contributed by atoms with Crippen LogP contribution in [0.2, 0.25) is 0 Å². The van der Waals surface area contributed by atoms with E-state index in [2.05, 4.69) is 35.5 Å². The first-order valence-electron chi connectivity index (χ1n) is 4.78. The van der Waals surface area contributed by atoms with E-state index in [1.165, 1.54) is 29.8 Å². The van der Waals surface area contributed by atoms with E-state index in [0.29, 0.717) is 0 Å². The van der Waals surface area contributed by atoms with Crippen molar-refractivity contribution in [2.45, 2.75) is 19.9 Å². The van der Waals surface area contributed by atoms with Gasteiger partial charge >= 0.3 is 0 Å². The van der Waals surface area contributed by atoms with Crippen molar-refractivity contribution < 1.29 is 0 Å². The monoisotopic (exact) mass is 193 g/mol. The predicted octanol–water partition coefficient (Wildman–Crippen LogP) is 2.85. The second kappa shape index (κ2) is 4.16. The second-order valence-corrected chi connectivity index (χ2v) is 4.72. The number of aryl methyl sites for hydroxylation is 1. The van der Waals surface area contributed by atoms with Crippen LogP contribution in [-0.4, -0.2) is 16.6 Å². The molecule has 1 aliphatic rings. The molecule has 0 aromatic heterocycles. The van der Waals surface area contributed by atoms with Crippen molar-refractivity contribution in [3.05, 3.63) is 35.4 Å². The van der Waals surface area contributed by atoms with Crippen LogP contribution in [-0.2, 0) is 6.54 Å². The van der Waals surface area contributed by atoms with Crippen molar-refractivity contribution in [1.82, 2.24) is 4.31 Å². The van der Waals surface area contributed by atoms with E-state index < -0.39 is 0 Å². The highest BCUT2D eigenvalue weighted by molar-refractivity contribution is 7.97. The Hall–Kier alpha value is -0.470. The lowest BCUT2D eigenvalue weighted by Gasteiger charge is -2.12. The fourth-order valence-corrected chi connectivity index (χ4v) is 2.54. The van der Waals surface area contributed by atoms with Crippen LogP contribution in [0.5, 0.6) is 0 Å². The van der Waals surface area contributed by atoms with Gasteiger partial charge in [-0.3, -0.25) is 0 Å². The Morgan fingerprint density at radius 3 is 2.69 bits per heavy atom. The quantitative estimate of drug-likeness (QED) is 0.664. The highest BCUT2D eigenvalue weighted by Crippen LogP contribution is 2.22. The minimum Gasteiger partial charge on any atom is -0.246 e. The molecular formula is C11H15NS. The Bertz CT molecular complexity index is 262. The topological polar surface area (TPSA) is 3.24 Å². The van der Waals surface area contributed by atoms with Gasteiger partial charge in [-0.15, -0.1) is 0 Å². The summed E-state index contributed by atoms with van der Waals surface area (Å²) >= 11 is 1.97. The van der Waals surface area contributed by atoms with Crippen LogP contribution in [0.1, 0.15) is 17.5 Å². The van der Waals surface area contributed by atoms with Gasteiger partial charge in [-0.2, -0.15) is 0 Å². The lowest BCUT2D eigenvalue weighted by Crippen LogP contribution is -2.10. The van der Waals surface area contributed by atoms with Crippen LogP contribution in [0, 0.1) is 6.92 Å². The molecule has 70 valence electrons. The predicted molar refractivity (Wildman–Crippen MR) is 58.7 cm³/mol. The molecule has 13 heavy (non-hydrogen) atoms. The molecule has 0 atom stereocenters. The fraction of sp³-hybridized carbons (Fsp3) is 0.455. The SMILES string of the molecule is Cc1ccc(CN2CCCS2)cc1. The van der Waals surface area contributed by atoms with Crippen molar-refractivity contribution in [3.63, 3.8) is 0 Å². The first-order chi connectivity index (χ1) is 6.34. The van der Waals surface area contributed by atoms with Crippen LogP contribution in [0.15, 0.2) is 24.3 Å². The van der Waals surface area contributed by atoms with E-state index in [9.17, 15) is 0 Å². The molecule has 0 spiro atoms. The number of hydrogen-bond acceptors (Lipinski definition) is 2. The summed E-state index contributed by atoms with van der Waals surface area (Å²) in [5.41, 5.74) is 2.78. The smallest absolute Gasteiger partial charge is 0.0340 e. The van der Waals surface area contributed by atoms with E-state index in [-0.39, 0.29) is 0 Å². The Labute approximate surface area is 84.3 Å². The Morgan fingerprint density at radius 1 is 1.31 bits per heavy atom. The molecule has 1 aromatic rings. The highest BCUT2D eigenvalue weighted by atomic mass is 32.2. The molecule has 0 amide bonds. The maximum absolute atomic E-state index is 2.45. The molecular weight excluding hydrogens is 178 g/mol. The van der Waals surface area contributed by atoms with Crippen molar-refractivity contribution >= 4 is 11.9 Å². The molecule has 1 aliphatic heterocycles. The van der Waals surface area contributed by atoms with Crippen LogP contribution in [0.25, 0.3) is 0 Å². The van der Waals surface area contributed by atoms with Crippen LogP contribution in [0.4, 0.5) is 0 Å². The Kier molecular flexibility index (Phi) is 2.91. The van der Waals surface area contributed by atoms with E-state index in [1.54, 1.807) is 0 Å². The van der Waals surface area contributed by atoms with Crippen molar-refractivity contribution in [2.24, 2.45) is 0 Å². The highest BCUT2D eigenvalue weighted by Gasteiger charge is 2.11. The summed E-state index contributed by atoms with van der Waals surface area (Å²) in [5.74, 6) is 1.30. The third kappa shape index (κ3) is 2.48. The summed E-state index contributed by atoms with van der Waals surface area (Å²) in [5, 5.41) is 0. The van der Waals surface area contributed by atoms with Gasteiger partial charge in [0.2, 0.25) is 0 Å². The first kappa shape index (κ1) is 9.10. The maximum Gasteiger partial charge on any atom is 0.0340 e. The zero-order valence-electron chi connectivity index (χ0n) is 7.99. The van der Waals surface area contributed by atoms with Gasteiger partial charge in [-0.1, -0.05) is 41.8 Å². The zero-order valence-corrected chi connectivity index (χ0v) is 8.81. The van der Waals surface area contributed by atoms with Crippen molar-refractivity contribution in [3.8, 4) is 0 Å². The molecule has 0 unspecified atom stereocenters. The van der Waals surface area contributed by atoms with Gasteiger partial charge < -0.3 is 0 Å². The molecule has 1 nitrogen and oxygen atoms in total. The molecule has 0 N–H and O–H groups in total. The fourth-order valence-electron chi connectivity index (χ4n) is 1.52. The normalized spacial score (nSPS) is 17.9.